The van der Waals surface area contributed by atoms with E-state index in [-0.39, 0.29) is 16.7 Å². The lowest BCUT2D eigenvalue weighted by molar-refractivity contribution is 0.445. The molecule has 1 aliphatic rings. The van der Waals surface area contributed by atoms with Gasteiger partial charge in [-0.25, -0.2) is 18.4 Å². The molecule has 0 radical (unpaired) electrons. The topological polar surface area (TPSA) is 72.0 Å². The number of nitrogens with one attached hydrogen (secondary N) is 1. The lowest BCUT2D eigenvalue weighted by atomic mass is 9.95. The Morgan fingerprint density at radius 2 is 2.16 bits per heavy atom. The molecule has 1 aliphatic heterocycles. The molecule has 6 heteroatoms. The van der Waals surface area contributed by atoms with Gasteiger partial charge in [-0.15, -0.1) is 0 Å². The van der Waals surface area contributed by atoms with Gasteiger partial charge in [0.15, 0.2) is 9.84 Å². The second-order valence-electron chi connectivity index (χ2n) is 5.45. The van der Waals surface area contributed by atoms with E-state index >= 15 is 0 Å². The van der Waals surface area contributed by atoms with E-state index in [0.717, 1.165) is 25.9 Å². The summed E-state index contributed by atoms with van der Waals surface area (Å²) in [4.78, 5) is 9.00. The Bertz CT molecular complexity index is 549. The Hall–Kier alpha value is -1.01. The SMILES string of the molecule is CC(C)c1ncc(S(C)(=O)=O)c([C@@H]2CCCNC2)n1. The molecule has 1 N–H and O–H groups in total. The fourth-order valence-electron chi connectivity index (χ4n) is 2.34. The van der Waals surface area contributed by atoms with Crippen LogP contribution in [0, 0.1) is 0 Å². The van der Waals surface area contributed by atoms with Crippen LogP contribution in [-0.4, -0.2) is 37.7 Å². The lowest BCUT2D eigenvalue weighted by Gasteiger charge is -2.24. The van der Waals surface area contributed by atoms with Gasteiger partial charge in [-0.2, -0.15) is 0 Å². The molecule has 0 unspecified atom stereocenters. The van der Waals surface area contributed by atoms with E-state index in [1.807, 2.05) is 13.8 Å². The lowest BCUT2D eigenvalue weighted by Crippen LogP contribution is -2.30. The van der Waals surface area contributed by atoms with Gasteiger partial charge in [0.05, 0.1) is 5.69 Å². The van der Waals surface area contributed by atoms with Gasteiger partial charge in [-0.05, 0) is 19.4 Å². The first-order chi connectivity index (χ1) is 8.89. The minimum atomic E-state index is -3.28. The summed E-state index contributed by atoms with van der Waals surface area (Å²) in [5.41, 5.74) is 0.688. The van der Waals surface area contributed by atoms with Crippen molar-refractivity contribution in [1.29, 1.82) is 0 Å². The van der Waals surface area contributed by atoms with E-state index in [4.69, 9.17) is 0 Å². The highest BCUT2D eigenvalue weighted by atomic mass is 32.2. The first-order valence-corrected chi connectivity index (χ1v) is 8.56. The number of hydrogen-bond acceptors (Lipinski definition) is 5. The first kappa shape index (κ1) is 14.4. The van der Waals surface area contributed by atoms with E-state index in [2.05, 4.69) is 15.3 Å². The van der Waals surface area contributed by atoms with Gasteiger partial charge in [0.2, 0.25) is 0 Å². The molecule has 2 heterocycles. The van der Waals surface area contributed by atoms with Crippen LogP contribution in [0.4, 0.5) is 0 Å². The van der Waals surface area contributed by atoms with Crippen LogP contribution in [0.3, 0.4) is 0 Å². The molecule has 106 valence electrons. The number of sulfone groups is 1. The summed E-state index contributed by atoms with van der Waals surface area (Å²) >= 11 is 0. The van der Waals surface area contributed by atoms with Crippen molar-refractivity contribution in [2.45, 2.75) is 43.4 Å². The van der Waals surface area contributed by atoms with Crippen LogP contribution in [0.1, 0.15) is 50.0 Å². The highest BCUT2D eigenvalue weighted by Gasteiger charge is 2.25. The van der Waals surface area contributed by atoms with Gasteiger partial charge in [-0.1, -0.05) is 13.8 Å². The molecule has 0 aliphatic carbocycles. The summed E-state index contributed by atoms with van der Waals surface area (Å²) in [6.07, 6.45) is 4.72. The van der Waals surface area contributed by atoms with E-state index in [0.29, 0.717) is 11.5 Å². The van der Waals surface area contributed by atoms with Gasteiger partial charge < -0.3 is 5.32 Å². The highest BCUT2D eigenvalue weighted by Crippen LogP contribution is 2.28. The molecular formula is C13H21N3O2S. The summed E-state index contributed by atoms with van der Waals surface area (Å²) in [7, 11) is -3.28. The number of rotatable bonds is 3. The average molecular weight is 283 g/mol. The van der Waals surface area contributed by atoms with Gasteiger partial charge in [-0.3, -0.25) is 0 Å². The van der Waals surface area contributed by atoms with Gasteiger partial charge >= 0.3 is 0 Å². The van der Waals surface area contributed by atoms with Gasteiger partial charge in [0, 0.05) is 30.8 Å². The van der Waals surface area contributed by atoms with E-state index in [9.17, 15) is 8.42 Å². The fraction of sp³-hybridized carbons (Fsp3) is 0.692. The molecule has 1 saturated heterocycles. The predicted octanol–water partition coefficient (Wildman–Crippen LogP) is 1.47. The molecular weight excluding hydrogens is 262 g/mol. The van der Waals surface area contributed by atoms with Crippen molar-refractivity contribution in [3.8, 4) is 0 Å². The summed E-state index contributed by atoms with van der Waals surface area (Å²) in [5, 5.41) is 3.31. The van der Waals surface area contributed by atoms with Crippen molar-refractivity contribution >= 4 is 9.84 Å². The molecule has 0 saturated carbocycles. The second kappa shape index (κ2) is 5.54. The predicted molar refractivity (Wildman–Crippen MR) is 74.1 cm³/mol. The maximum absolute atomic E-state index is 11.9. The molecule has 2 rings (SSSR count). The van der Waals surface area contributed by atoms with Gasteiger partial charge in [0.1, 0.15) is 10.7 Å². The van der Waals surface area contributed by atoms with Crippen molar-refractivity contribution in [1.82, 2.24) is 15.3 Å². The molecule has 1 atom stereocenters. The molecule has 1 fully saturated rings. The summed E-state index contributed by atoms with van der Waals surface area (Å²) in [6, 6.07) is 0. The van der Waals surface area contributed by atoms with Crippen LogP contribution in [0.25, 0.3) is 0 Å². The Morgan fingerprint density at radius 3 is 2.68 bits per heavy atom. The zero-order chi connectivity index (χ0) is 14.0. The Balaban J connectivity index is 2.49. The van der Waals surface area contributed by atoms with E-state index in [1.54, 1.807) is 0 Å². The Labute approximate surface area is 114 Å². The number of aromatic nitrogens is 2. The molecule has 1 aromatic rings. The third-order valence-corrected chi connectivity index (χ3v) is 4.51. The second-order valence-corrected chi connectivity index (χ2v) is 7.43. The molecule has 0 amide bonds. The first-order valence-electron chi connectivity index (χ1n) is 6.67. The normalized spacial score (nSPS) is 20.7. The van der Waals surface area contributed by atoms with Crippen LogP contribution < -0.4 is 5.32 Å². The third kappa shape index (κ3) is 3.30. The Kier molecular flexibility index (Phi) is 4.20. The average Bonchev–Trinajstić information content (AvgIpc) is 2.38. The maximum Gasteiger partial charge on any atom is 0.178 e. The highest BCUT2D eigenvalue weighted by molar-refractivity contribution is 7.90. The number of nitrogens with zero attached hydrogens (tertiary/aromatic N) is 2. The summed E-state index contributed by atoms with van der Waals surface area (Å²) in [6.45, 7) is 5.81. The van der Waals surface area contributed by atoms with Crippen molar-refractivity contribution in [3.63, 3.8) is 0 Å². The fourth-order valence-corrected chi connectivity index (χ4v) is 3.18. The zero-order valence-electron chi connectivity index (χ0n) is 11.7. The molecule has 1 aromatic heterocycles. The quantitative estimate of drug-likeness (QED) is 0.909. The van der Waals surface area contributed by atoms with Gasteiger partial charge in [0.25, 0.3) is 0 Å². The largest absolute Gasteiger partial charge is 0.316 e. The third-order valence-electron chi connectivity index (χ3n) is 3.40. The molecule has 19 heavy (non-hydrogen) atoms. The summed E-state index contributed by atoms with van der Waals surface area (Å²) < 4.78 is 23.8. The van der Waals surface area contributed by atoms with Crippen LogP contribution in [-0.2, 0) is 9.84 Å². The molecule has 5 nitrogen and oxygen atoms in total. The molecule has 0 bridgehead atoms. The number of hydrogen-bond donors (Lipinski definition) is 1. The van der Waals surface area contributed by atoms with Crippen LogP contribution in [0.15, 0.2) is 11.1 Å². The standard InChI is InChI=1S/C13H21N3O2S/c1-9(2)13-15-8-11(19(3,17)18)12(16-13)10-5-4-6-14-7-10/h8-10,14H,4-7H2,1-3H3/t10-/m1/s1. The number of piperidine rings is 1. The van der Waals surface area contributed by atoms with Crippen molar-refractivity contribution < 1.29 is 8.42 Å². The minimum Gasteiger partial charge on any atom is -0.316 e. The van der Waals surface area contributed by atoms with Crippen LogP contribution >= 0.6 is 0 Å². The minimum absolute atomic E-state index is 0.166. The Morgan fingerprint density at radius 1 is 1.42 bits per heavy atom. The van der Waals surface area contributed by atoms with Crippen LogP contribution in [0.2, 0.25) is 0 Å². The van der Waals surface area contributed by atoms with Crippen molar-refractivity contribution in [2.24, 2.45) is 0 Å². The van der Waals surface area contributed by atoms with Crippen LogP contribution in [0.5, 0.6) is 0 Å². The van der Waals surface area contributed by atoms with Crippen molar-refractivity contribution in [2.75, 3.05) is 19.3 Å². The zero-order valence-corrected chi connectivity index (χ0v) is 12.5. The van der Waals surface area contributed by atoms with E-state index < -0.39 is 9.84 Å². The smallest absolute Gasteiger partial charge is 0.178 e. The summed E-state index contributed by atoms with van der Waals surface area (Å²) in [5.74, 6) is 1.08. The molecule has 0 aromatic carbocycles. The monoisotopic (exact) mass is 283 g/mol. The van der Waals surface area contributed by atoms with Crippen molar-refractivity contribution in [3.05, 3.63) is 17.7 Å². The maximum atomic E-state index is 11.9. The molecule has 0 spiro atoms. The van der Waals surface area contributed by atoms with E-state index in [1.165, 1.54) is 12.5 Å².